The molecule has 15 nitrogen and oxygen atoms in total. The third-order valence-corrected chi connectivity index (χ3v) is 9.32. The summed E-state index contributed by atoms with van der Waals surface area (Å²) >= 11 is 3.40. The van der Waals surface area contributed by atoms with Gasteiger partial charge in [-0.05, 0) is 6.42 Å². The number of β-lactam (4-membered cyclic amide) rings is 1. The third kappa shape index (κ3) is 5.28. The van der Waals surface area contributed by atoms with Gasteiger partial charge in [0.2, 0.25) is 29.1 Å². The summed E-state index contributed by atoms with van der Waals surface area (Å²) in [7, 11) is 1.26. The van der Waals surface area contributed by atoms with Gasteiger partial charge in [-0.15, -0.1) is 11.8 Å². The number of nitrogen functional groups attached to an aromatic ring is 3. The second-order valence-corrected chi connectivity index (χ2v) is 11.4. The number of aromatic nitrogens is 4. The van der Waals surface area contributed by atoms with Gasteiger partial charge in [-0.25, -0.2) is 4.57 Å². The molecule has 38 heavy (non-hydrogen) atoms. The van der Waals surface area contributed by atoms with Gasteiger partial charge in [0.05, 0.1) is 12.6 Å². The van der Waals surface area contributed by atoms with Crippen LogP contribution in [0.3, 0.4) is 0 Å². The zero-order chi connectivity index (χ0) is 27.6. The summed E-state index contributed by atoms with van der Waals surface area (Å²) in [4.78, 5) is 52.8. The summed E-state index contributed by atoms with van der Waals surface area (Å²) < 4.78 is 5.75. The van der Waals surface area contributed by atoms with Crippen molar-refractivity contribution in [3.05, 3.63) is 11.9 Å². The molecule has 2 unspecified atom stereocenters. The number of thioether (sulfide) groups is 2. The molecule has 8 N–H and O–H groups in total. The van der Waals surface area contributed by atoms with Crippen molar-refractivity contribution in [3.63, 3.8) is 0 Å². The first kappa shape index (κ1) is 27.6. The highest BCUT2D eigenvalue weighted by atomic mass is 32.2. The van der Waals surface area contributed by atoms with E-state index in [1.54, 1.807) is 10.6 Å². The molecule has 0 aromatic carbocycles. The first-order chi connectivity index (χ1) is 18.1. The fourth-order valence-electron chi connectivity index (χ4n) is 4.03. The smallest absolute Gasteiger partial charge is 0.313 e. The highest BCUT2D eigenvalue weighted by Crippen LogP contribution is 2.44. The average molecular weight is 584 g/mol. The molecule has 2 amide bonds. The zero-order valence-corrected chi connectivity index (χ0v) is 22.9. The molecule has 0 radical (unpaired) electrons. The van der Waals surface area contributed by atoms with Gasteiger partial charge in [0, 0.05) is 29.6 Å². The minimum atomic E-state index is -1.24. The molecule has 204 valence electrons. The molecule has 4 heterocycles. The van der Waals surface area contributed by atoms with Gasteiger partial charge in [0.1, 0.15) is 23.9 Å². The SMILES string of the molecule is CCC[n+]1c(N)cc(N)nc1SCC1(C(=O)O)CS[C@@H]2C(NC(=O)C(=NOC)c3nsc(N)n3)C(=O)N2C1. The van der Waals surface area contributed by atoms with Gasteiger partial charge in [0.25, 0.3) is 5.91 Å². The molecule has 2 aliphatic heterocycles. The molecule has 0 bridgehead atoms. The Kier molecular flexibility index (Phi) is 8.12. The van der Waals surface area contributed by atoms with Crippen molar-refractivity contribution >= 4 is 75.3 Å². The van der Waals surface area contributed by atoms with Crippen LogP contribution in [0.2, 0.25) is 0 Å². The maximum Gasteiger partial charge on any atom is 0.313 e. The Morgan fingerprint density at radius 1 is 1.39 bits per heavy atom. The Balaban J connectivity index is 1.46. The summed E-state index contributed by atoms with van der Waals surface area (Å²) in [5.41, 5.74) is 16.1. The van der Waals surface area contributed by atoms with Crippen LogP contribution in [0.5, 0.6) is 0 Å². The van der Waals surface area contributed by atoms with E-state index < -0.39 is 34.6 Å². The number of amides is 2. The number of aliphatic carboxylic acids is 1. The van der Waals surface area contributed by atoms with Crippen LogP contribution in [0.4, 0.5) is 16.8 Å². The van der Waals surface area contributed by atoms with E-state index in [9.17, 15) is 19.5 Å². The largest absolute Gasteiger partial charge is 0.481 e. The lowest BCUT2D eigenvalue weighted by Gasteiger charge is -2.53. The molecule has 2 aromatic heterocycles. The Morgan fingerprint density at radius 2 is 2.16 bits per heavy atom. The first-order valence-electron chi connectivity index (χ1n) is 11.4. The van der Waals surface area contributed by atoms with Crippen molar-refractivity contribution in [2.24, 2.45) is 10.6 Å². The van der Waals surface area contributed by atoms with E-state index in [1.807, 2.05) is 6.92 Å². The molecule has 3 atom stereocenters. The molecule has 0 aliphatic carbocycles. The molecule has 4 rings (SSSR count). The van der Waals surface area contributed by atoms with E-state index in [1.165, 1.54) is 35.5 Å². The fraction of sp³-hybridized carbons (Fsp3) is 0.500. The minimum absolute atomic E-state index is 0.0209. The van der Waals surface area contributed by atoms with Crippen molar-refractivity contribution in [2.45, 2.75) is 36.5 Å². The predicted octanol–water partition coefficient (Wildman–Crippen LogP) is -1.01. The number of rotatable bonds is 10. The van der Waals surface area contributed by atoms with Crippen LogP contribution < -0.4 is 27.1 Å². The Hall–Kier alpha value is -3.38. The monoisotopic (exact) mass is 583 g/mol. The van der Waals surface area contributed by atoms with E-state index in [0.717, 1.165) is 18.0 Å². The van der Waals surface area contributed by atoms with Crippen LogP contribution in [-0.4, -0.2) is 84.4 Å². The van der Waals surface area contributed by atoms with Crippen LogP contribution in [0, 0.1) is 5.41 Å². The standard InChI is InChI=1S/C20H26N10O5S3/c1-3-4-29-10(22)5-9(21)24-19(29)37-8-20(17(33)34)6-30-15(32)12(16(30)36-7-20)25-14(31)11(27-35-2)13-26-18(23)38-28-13/h5,12,16H,3-4,6-8H2,1-2H3,(H7,21,22,23,25,26,28,31,33,34)/p+1/t12?,16-,20?/m1/s1. The molecule has 2 fully saturated rings. The van der Waals surface area contributed by atoms with Gasteiger partial charge in [-0.3, -0.25) is 14.4 Å². The number of hydrogen-bond donors (Lipinski definition) is 5. The summed E-state index contributed by atoms with van der Waals surface area (Å²) in [5.74, 6) is -1.13. The van der Waals surface area contributed by atoms with E-state index in [0.29, 0.717) is 17.5 Å². The lowest BCUT2D eigenvalue weighted by molar-refractivity contribution is -0.723. The van der Waals surface area contributed by atoms with E-state index in [2.05, 4.69) is 24.8 Å². The number of anilines is 3. The number of carboxylic acid groups (broad SMARTS) is 1. The lowest BCUT2D eigenvalue weighted by atomic mass is 9.89. The third-order valence-electron chi connectivity index (χ3n) is 5.92. The highest BCUT2D eigenvalue weighted by Gasteiger charge is 2.57. The van der Waals surface area contributed by atoms with Crippen LogP contribution in [0.25, 0.3) is 0 Å². The van der Waals surface area contributed by atoms with Crippen LogP contribution in [0.15, 0.2) is 16.4 Å². The number of hydrogen-bond acceptors (Lipinski definition) is 14. The van der Waals surface area contributed by atoms with Gasteiger partial charge in [0.15, 0.2) is 5.13 Å². The topological polar surface area (TPSA) is 229 Å². The first-order valence-corrected chi connectivity index (χ1v) is 14.2. The fourth-order valence-corrected chi connectivity index (χ4v) is 7.38. The Morgan fingerprint density at radius 3 is 2.79 bits per heavy atom. The quantitative estimate of drug-likeness (QED) is 0.0564. The number of carboxylic acids is 1. The Labute approximate surface area is 229 Å². The molecule has 2 aromatic rings. The van der Waals surface area contributed by atoms with E-state index in [4.69, 9.17) is 22.0 Å². The number of fused-ring (bicyclic) bond motifs is 1. The van der Waals surface area contributed by atoms with Gasteiger partial charge >= 0.3 is 11.1 Å². The van der Waals surface area contributed by atoms with Crippen molar-refractivity contribution < 1.29 is 28.9 Å². The summed E-state index contributed by atoms with van der Waals surface area (Å²) in [6.07, 6.45) is 0.799. The summed E-state index contributed by atoms with van der Waals surface area (Å²) in [5, 5.41) is 16.7. The normalized spacial score (nSPS) is 22.9. The minimum Gasteiger partial charge on any atom is -0.481 e. The van der Waals surface area contributed by atoms with Gasteiger partial charge in [-0.2, -0.15) is 9.36 Å². The van der Waals surface area contributed by atoms with Crippen LogP contribution >= 0.6 is 35.1 Å². The molecule has 0 saturated carbocycles. The summed E-state index contributed by atoms with van der Waals surface area (Å²) in [6.45, 7) is 2.57. The highest BCUT2D eigenvalue weighted by molar-refractivity contribution is 8.00. The zero-order valence-electron chi connectivity index (χ0n) is 20.5. The van der Waals surface area contributed by atoms with Gasteiger partial charge in [-0.1, -0.05) is 28.8 Å². The molecular formula is C20H27N10O5S3+. The maximum absolute atomic E-state index is 13.0. The van der Waals surface area contributed by atoms with Gasteiger partial charge < -0.3 is 37.4 Å². The number of oxime groups is 1. The molecule has 2 saturated heterocycles. The number of carbonyl (C=O) groups excluding carboxylic acids is 2. The second-order valence-electron chi connectivity index (χ2n) is 8.61. The molecule has 2 aliphatic rings. The number of nitrogens with two attached hydrogens (primary N) is 3. The predicted molar refractivity (Wildman–Crippen MR) is 142 cm³/mol. The van der Waals surface area contributed by atoms with Crippen LogP contribution in [0.1, 0.15) is 19.2 Å². The molecule has 0 spiro atoms. The van der Waals surface area contributed by atoms with Crippen LogP contribution in [-0.2, 0) is 25.8 Å². The maximum atomic E-state index is 13.0. The molecule has 18 heteroatoms. The van der Waals surface area contributed by atoms with E-state index >= 15 is 0 Å². The second kappa shape index (κ2) is 11.2. The van der Waals surface area contributed by atoms with Crippen molar-refractivity contribution in [1.29, 1.82) is 0 Å². The van der Waals surface area contributed by atoms with E-state index in [-0.39, 0.29) is 40.5 Å². The number of carbonyl (C=O) groups is 3. The molecular weight excluding hydrogens is 556 g/mol. The van der Waals surface area contributed by atoms with Crippen molar-refractivity contribution in [3.8, 4) is 0 Å². The number of nitrogens with zero attached hydrogens (tertiary/aromatic N) is 6. The van der Waals surface area contributed by atoms with Crippen molar-refractivity contribution in [1.82, 2.24) is 24.6 Å². The average Bonchev–Trinajstić information content (AvgIpc) is 3.31. The van der Waals surface area contributed by atoms with Crippen molar-refractivity contribution in [2.75, 3.05) is 42.4 Å². The number of nitrogens with one attached hydrogen (secondary N) is 1. The summed E-state index contributed by atoms with van der Waals surface area (Å²) in [6, 6.07) is 0.690. The lowest BCUT2D eigenvalue weighted by Crippen LogP contribution is -2.74. The Bertz CT molecular complexity index is 1290.